The lowest BCUT2D eigenvalue weighted by Crippen LogP contribution is -2.40. The van der Waals surface area contributed by atoms with Crippen LogP contribution in [-0.4, -0.2) is 37.1 Å². The second-order valence-electron chi connectivity index (χ2n) is 5.11. The average molecular weight is 248 g/mol. The molecule has 0 radical (unpaired) electrons. The number of hydrogen-bond donors (Lipinski definition) is 1. The summed E-state index contributed by atoms with van der Waals surface area (Å²) < 4.78 is 0. The molecule has 0 aliphatic rings. The predicted molar refractivity (Wildman–Crippen MR) is 80.1 cm³/mol. The summed E-state index contributed by atoms with van der Waals surface area (Å²) in [6.45, 7) is 13.5. The summed E-state index contributed by atoms with van der Waals surface area (Å²) in [5, 5.41) is 3.64. The number of hydrogen-bond acceptors (Lipinski definition) is 2. The molecule has 0 spiro atoms. The molecule has 0 saturated heterocycles. The van der Waals surface area contributed by atoms with Crippen LogP contribution >= 0.6 is 0 Å². The minimum atomic E-state index is 0.552. The zero-order valence-corrected chi connectivity index (χ0v) is 12.3. The van der Waals surface area contributed by atoms with Crippen LogP contribution in [0.3, 0.4) is 0 Å². The third-order valence-electron chi connectivity index (χ3n) is 3.57. The maximum Gasteiger partial charge on any atom is 0.0166 e. The van der Waals surface area contributed by atoms with E-state index in [1.807, 2.05) is 0 Å². The van der Waals surface area contributed by atoms with Crippen molar-refractivity contribution in [2.45, 2.75) is 39.7 Å². The van der Waals surface area contributed by atoms with E-state index in [9.17, 15) is 0 Å². The molecule has 0 heterocycles. The fourth-order valence-corrected chi connectivity index (χ4v) is 2.21. The second kappa shape index (κ2) is 8.28. The molecule has 1 N–H and O–H groups in total. The first-order valence-corrected chi connectivity index (χ1v) is 7.18. The molecule has 102 valence electrons. The second-order valence-corrected chi connectivity index (χ2v) is 5.11. The summed E-state index contributed by atoms with van der Waals surface area (Å²) in [6, 6.07) is 11.3. The van der Waals surface area contributed by atoms with Gasteiger partial charge in [0.25, 0.3) is 0 Å². The van der Waals surface area contributed by atoms with Crippen molar-refractivity contribution >= 4 is 0 Å². The molecule has 0 aromatic heterocycles. The summed E-state index contributed by atoms with van der Waals surface area (Å²) >= 11 is 0. The molecule has 0 bridgehead atoms. The van der Waals surface area contributed by atoms with Crippen LogP contribution in [-0.2, 0) is 0 Å². The van der Waals surface area contributed by atoms with Crippen molar-refractivity contribution in [2.24, 2.45) is 0 Å². The van der Waals surface area contributed by atoms with Gasteiger partial charge in [0, 0.05) is 19.1 Å². The molecule has 2 atom stereocenters. The maximum absolute atomic E-state index is 3.64. The van der Waals surface area contributed by atoms with Crippen molar-refractivity contribution in [3.05, 3.63) is 35.9 Å². The standard InChI is InChI=1S/C16H28N2/c1-5-18(6-2)13-15(4)17-12-14(3)16-10-8-7-9-11-16/h7-11,14-15,17H,5-6,12-13H2,1-4H3. The smallest absolute Gasteiger partial charge is 0.0166 e. The van der Waals surface area contributed by atoms with E-state index >= 15 is 0 Å². The summed E-state index contributed by atoms with van der Waals surface area (Å²) in [4.78, 5) is 2.46. The number of nitrogens with zero attached hydrogens (tertiary/aromatic N) is 1. The average Bonchev–Trinajstić information content (AvgIpc) is 2.43. The van der Waals surface area contributed by atoms with Crippen LogP contribution < -0.4 is 5.32 Å². The summed E-state index contributed by atoms with van der Waals surface area (Å²) in [5.74, 6) is 0.574. The van der Waals surface area contributed by atoms with Gasteiger partial charge in [-0.15, -0.1) is 0 Å². The minimum Gasteiger partial charge on any atom is -0.312 e. The first kappa shape index (κ1) is 15.2. The Labute approximate surface area is 112 Å². The fourth-order valence-electron chi connectivity index (χ4n) is 2.21. The van der Waals surface area contributed by atoms with E-state index < -0.39 is 0 Å². The molecule has 2 unspecified atom stereocenters. The molecule has 18 heavy (non-hydrogen) atoms. The van der Waals surface area contributed by atoms with Gasteiger partial charge in [-0.25, -0.2) is 0 Å². The SMILES string of the molecule is CCN(CC)CC(C)NCC(C)c1ccccc1. The normalized spacial score (nSPS) is 14.7. The summed E-state index contributed by atoms with van der Waals surface area (Å²) in [7, 11) is 0. The lowest BCUT2D eigenvalue weighted by atomic mass is 10.0. The molecular weight excluding hydrogens is 220 g/mol. The number of rotatable bonds is 8. The minimum absolute atomic E-state index is 0.552. The van der Waals surface area contributed by atoms with Gasteiger partial charge in [-0.1, -0.05) is 51.1 Å². The zero-order valence-electron chi connectivity index (χ0n) is 12.3. The Morgan fingerprint density at radius 2 is 1.67 bits per heavy atom. The highest BCUT2D eigenvalue weighted by atomic mass is 15.1. The van der Waals surface area contributed by atoms with Crippen molar-refractivity contribution in [3.63, 3.8) is 0 Å². The highest BCUT2D eigenvalue weighted by Gasteiger charge is 2.09. The first-order valence-electron chi connectivity index (χ1n) is 7.18. The monoisotopic (exact) mass is 248 g/mol. The van der Waals surface area contributed by atoms with Gasteiger partial charge in [0.1, 0.15) is 0 Å². The molecule has 1 rings (SSSR count). The molecule has 1 aromatic carbocycles. The van der Waals surface area contributed by atoms with Gasteiger partial charge >= 0.3 is 0 Å². The first-order chi connectivity index (χ1) is 8.67. The van der Waals surface area contributed by atoms with E-state index in [0.29, 0.717) is 12.0 Å². The summed E-state index contributed by atoms with van der Waals surface area (Å²) in [6.07, 6.45) is 0. The number of likely N-dealkylation sites (N-methyl/N-ethyl adjacent to an activating group) is 1. The largest absolute Gasteiger partial charge is 0.312 e. The Morgan fingerprint density at radius 3 is 2.22 bits per heavy atom. The van der Waals surface area contributed by atoms with E-state index in [1.54, 1.807) is 0 Å². The molecular formula is C16H28N2. The molecule has 0 amide bonds. The van der Waals surface area contributed by atoms with E-state index in [1.165, 1.54) is 5.56 Å². The van der Waals surface area contributed by atoms with Crippen molar-refractivity contribution in [3.8, 4) is 0 Å². The van der Waals surface area contributed by atoms with Crippen LogP contribution in [0.2, 0.25) is 0 Å². The highest BCUT2D eigenvalue weighted by Crippen LogP contribution is 2.13. The lowest BCUT2D eigenvalue weighted by molar-refractivity contribution is 0.270. The lowest BCUT2D eigenvalue weighted by Gasteiger charge is -2.24. The molecule has 2 nitrogen and oxygen atoms in total. The maximum atomic E-state index is 3.64. The van der Waals surface area contributed by atoms with Crippen molar-refractivity contribution in [1.82, 2.24) is 10.2 Å². The number of nitrogens with one attached hydrogen (secondary N) is 1. The topological polar surface area (TPSA) is 15.3 Å². The Balaban J connectivity index is 2.32. The van der Waals surface area contributed by atoms with E-state index in [-0.39, 0.29) is 0 Å². The fraction of sp³-hybridized carbons (Fsp3) is 0.625. The Hall–Kier alpha value is -0.860. The van der Waals surface area contributed by atoms with Crippen LogP contribution in [0.1, 0.15) is 39.2 Å². The van der Waals surface area contributed by atoms with Crippen LogP contribution in [0, 0.1) is 0 Å². The van der Waals surface area contributed by atoms with E-state index in [4.69, 9.17) is 0 Å². The van der Waals surface area contributed by atoms with Gasteiger partial charge in [0.2, 0.25) is 0 Å². The van der Waals surface area contributed by atoms with Crippen molar-refractivity contribution in [2.75, 3.05) is 26.2 Å². The zero-order chi connectivity index (χ0) is 13.4. The van der Waals surface area contributed by atoms with Gasteiger partial charge in [0.15, 0.2) is 0 Å². The summed E-state index contributed by atoms with van der Waals surface area (Å²) in [5.41, 5.74) is 1.42. The molecule has 2 heteroatoms. The third-order valence-corrected chi connectivity index (χ3v) is 3.57. The van der Waals surface area contributed by atoms with E-state index in [0.717, 1.165) is 26.2 Å². The van der Waals surface area contributed by atoms with Crippen LogP contribution in [0.25, 0.3) is 0 Å². The molecule has 0 saturated carbocycles. The van der Waals surface area contributed by atoms with Gasteiger partial charge in [-0.3, -0.25) is 0 Å². The van der Waals surface area contributed by atoms with E-state index in [2.05, 4.69) is 68.2 Å². The van der Waals surface area contributed by atoms with Gasteiger partial charge in [0.05, 0.1) is 0 Å². The number of benzene rings is 1. The van der Waals surface area contributed by atoms with Crippen molar-refractivity contribution < 1.29 is 0 Å². The van der Waals surface area contributed by atoms with Crippen LogP contribution in [0.4, 0.5) is 0 Å². The van der Waals surface area contributed by atoms with Crippen LogP contribution in [0.15, 0.2) is 30.3 Å². The van der Waals surface area contributed by atoms with Gasteiger partial charge < -0.3 is 10.2 Å². The molecule has 0 fully saturated rings. The Morgan fingerprint density at radius 1 is 1.06 bits per heavy atom. The molecule has 0 aliphatic heterocycles. The quantitative estimate of drug-likeness (QED) is 0.760. The van der Waals surface area contributed by atoms with Gasteiger partial charge in [-0.2, -0.15) is 0 Å². The van der Waals surface area contributed by atoms with Gasteiger partial charge in [-0.05, 0) is 31.5 Å². The van der Waals surface area contributed by atoms with Crippen molar-refractivity contribution in [1.29, 1.82) is 0 Å². The third kappa shape index (κ3) is 5.19. The highest BCUT2D eigenvalue weighted by molar-refractivity contribution is 5.18. The molecule has 0 aliphatic carbocycles. The predicted octanol–water partition coefficient (Wildman–Crippen LogP) is 3.11. The molecule has 1 aromatic rings. The Kier molecular flexibility index (Phi) is 6.99. The van der Waals surface area contributed by atoms with Crippen LogP contribution in [0.5, 0.6) is 0 Å². The Bertz CT molecular complexity index is 306.